The standard InChI is InChI=1S/C28H33N3O2.C24H25BrN2O/c1-19-5-4-6-23-26(19)29-21(3)20(2)27(23)31-18-28(9-13-32-14-10-28)24-8-7-22(17-25(24)31)30-11-15-33-16-12-30;1-15-5-4-6-19-22(15)26-17(3)16(2)23(19)27-14-24(9-11-28-12-10-24)20-8-7-18(25)13-21(20)27/h4-8,17H,9-16,18H2,1-3H3;4-8,13H,9-12,14H2,1-3H3. The SMILES string of the molecule is Cc1nc2c(C)cccc2c(N2CC3(CCOCC3)c3ccc(Br)cc32)c1C.Cc1nc2c(C)cccc2c(N2CC3(CCOCC3)c3ccc(N4CCOCC4)cc32)c1C. The van der Waals surface area contributed by atoms with Crippen LogP contribution in [0.4, 0.5) is 28.4 Å². The quantitative estimate of drug-likeness (QED) is 0.174. The molecule has 0 atom stereocenters. The predicted octanol–water partition coefficient (Wildman–Crippen LogP) is 11.3. The number of morpholine rings is 1. The number of pyridine rings is 2. The molecule has 6 aromatic rings. The summed E-state index contributed by atoms with van der Waals surface area (Å²) in [6.45, 7) is 21.9. The number of aromatic nitrogens is 2. The smallest absolute Gasteiger partial charge is 0.0755 e. The van der Waals surface area contributed by atoms with Crippen molar-refractivity contribution in [2.24, 2.45) is 0 Å². The van der Waals surface area contributed by atoms with E-state index in [4.69, 9.17) is 24.2 Å². The van der Waals surface area contributed by atoms with Crippen LogP contribution in [-0.4, -0.2) is 75.8 Å². The average Bonchev–Trinajstić information content (AvgIpc) is 3.73. The minimum atomic E-state index is 0.150. The zero-order valence-electron chi connectivity index (χ0n) is 36.7. The van der Waals surface area contributed by atoms with Gasteiger partial charge in [0.05, 0.1) is 35.6 Å². The first-order chi connectivity index (χ1) is 29.6. The summed E-state index contributed by atoms with van der Waals surface area (Å²) in [4.78, 5) is 17.5. The van der Waals surface area contributed by atoms with Crippen LogP contribution >= 0.6 is 15.9 Å². The normalized spacial score (nSPS) is 19.1. The molecule has 0 radical (unpaired) electrons. The van der Waals surface area contributed by atoms with Gasteiger partial charge < -0.3 is 28.9 Å². The van der Waals surface area contributed by atoms with E-state index in [1.807, 2.05) is 0 Å². The maximum Gasteiger partial charge on any atom is 0.0755 e. The summed E-state index contributed by atoms with van der Waals surface area (Å²) in [6.07, 6.45) is 4.32. The highest BCUT2D eigenvalue weighted by molar-refractivity contribution is 9.10. The van der Waals surface area contributed by atoms with Gasteiger partial charge in [-0.3, -0.25) is 9.97 Å². The van der Waals surface area contributed by atoms with Gasteiger partial charge in [0, 0.05) is 107 Å². The highest BCUT2D eigenvalue weighted by Gasteiger charge is 2.46. The summed E-state index contributed by atoms with van der Waals surface area (Å²) in [5, 5.41) is 2.50. The fourth-order valence-electron chi connectivity index (χ4n) is 11.1. The Morgan fingerprint density at radius 3 is 1.51 bits per heavy atom. The Morgan fingerprint density at radius 2 is 1.00 bits per heavy atom. The Balaban J connectivity index is 0.000000148. The Bertz CT molecular complexity index is 2660. The Kier molecular flexibility index (Phi) is 10.6. The molecule has 2 aromatic heterocycles. The van der Waals surface area contributed by atoms with Crippen LogP contribution in [0, 0.1) is 41.5 Å². The number of benzene rings is 4. The molecule has 9 heteroatoms. The minimum Gasteiger partial charge on any atom is -0.381 e. The van der Waals surface area contributed by atoms with Crippen LogP contribution in [0.1, 0.15) is 70.5 Å². The molecule has 61 heavy (non-hydrogen) atoms. The molecule has 5 aliphatic heterocycles. The van der Waals surface area contributed by atoms with Crippen LogP contribution in [0.25, 0.3) is 21.8 Å². The van der Waals surface area contributed by atoms with Gasteiger partial charge in [-0.2, -0.15) is 0 Å². The lowest BCUT2D eigenvalue weighted by atomic mass is 9.76. The topological polar surface area (TPSA) is 63.2 Å². The van der Waals surface area contributed by atoms with Crippen molar-refractivity contribution in [1.29, 1.82) is 0 Å². The second kappa shape index (κ2) is 16.0. The van der Waals surface area contributed by atoms with Crippen LogP contribution in [0.2, 0.25) is 0 Å². The first-order valence-electron chi connectivity index (χ1n) is 22.3. The van der Waals surface area contributed by atoms with E-state index >= 15 is 0 Å². The number of anilines is 5. The summed E-state index contributed by atoms with van der Waals surface area (Å²) >= 11 is 3.71. The van der Waals surface area contributed by atoms with E-state index in [-0.39, 0.29) is 10.8 Å². The predicted molar refractivity (Wildman–Crippen MR) is 253 cm³/mol. The number of aryl methyl sites for hydroxylation is 4. The Hall–Kier alpha value is -4.54. The molecule has 316 valence electrons. The van der Waals surface area contributed by atoms with Gasteiger partial charge in [0.1, 0.15) is 0 Å². The molecular formula is C52H58BrN5O3. The summed E-state index contributed by atoms with van der Waals surface area (Å²) in [5.74, 6) is 0. The van der Waals surface area contributed by atoms with Crippen molar-refractivity contribution in [2.75, 3.05) is 80.5 Å². The van der Waals surface area contributed by atoms with Crippen LogP contribution in [-0.2, 0) is 25.0 Å². The molecule has 11 rings (SSSR count). The van der Waals surface area contributed by atoms with Crippen LogP contribution < -0.4 is 14.7 Å². The lowest BCUT2D eigenvalue weighted by Crippen LogP contribution is -2.37. The van der Waals surface area contributed by atoms with Gasteiger partial charge in [-0.25, -0.2) is 0 Å². The first-order valence-corrected chi connectivity index (χ1v) is 23.1. The second-order valence-electron chi connectivity index (χ2n) is 18.2. The summed E-state index contributed by atoms with van der Waals surface area (Å²) in [7, 11) is 0. The van der Waals surface area contributed by atoms with Gasteiger partial charge in [0.25, 0.3) is 0 Å². The van der Waals surface area contributed by atoms with Gasteiger partial charge >= 0.3 is 0 Å². The zero-order chi connectivity index (χ0) is 42.0. The highest BCUT2D eigenvalue weighted by Crippen LogP contribution is 2.54. The van der Waals surface area contributed by atoms with Crippen molar-refractivity contribution in [2.45, 2.75) is 78.1 Å². The number of para-hydroxylation sites is 2. The summed E-state index contributed by atoms with van der Waals surface area (Å²) in [5.41, 5.74) is 19.4. The monoisotopic (exact) mass is 879 g/mol. The molecule has 0 amide bonds. The van der Waals surface area contributed by atoms with Gasteiger partial charge in [0.2, 0.25) is 0 Å². The number of rotatable bonds is 3. The average molecular weight is 881 g/mol. The molecule has 7 heterocycles. The van der Waals surface area contributed by atoms with Gasteiger partial charge in [-0.15, -0.1) is 0 Å². The van der Waals surface area contributed by atoms with E-state index in [2.05, 4.69) is 145 Å². The van der Waals surface area contributed by atoms with Crippen molar-refractivity contribution in [3.63, 3.8) is 0 Å². The molecular weight excluding hydrogens is 823 g/mol. The third kappa shape index (κ3) is 6.91. The number of nitrogens with zero attached hydrogens (tertiary/aromatic N) is 5. The lowest BCUT2D eigenvalue weighted by molar-refractivity contribution is 0.0557. The molecule has 4 aromatic carbocycles. The van der Waals surface area contributed by atoms with Crippen LogP contribution in [0.3, 0.4) is 0 Å². The van der Waals surface area contributed by atoms with E-state index in [1.165, 1.54) is 72.6 Å². The third-order valence-electron chi connectivity index (χ3n) is 14.7. The molecule has 8 nitrogen and oxygen atoms in total. The molecule has 0 unspecified atom stereocenters. The van der Waals surface area contributed by atoms with Crippen molar-refractivity contribution in [3.05, 3.63) is 122 Å². The number of halogens is 1. The van der Waals surface area contributed by atoms with E-state index < -0.39 is 0 Å². The van der Waals surface area contributed by atoms with Crippen molar-refractivity contribution >= 4 is 66.2 Å². The van der Waals surface area contributed by atoms with E-state index in [1.54, 1.807) is 0 Å². The second-order valence-corrected chi connectivity index (χ2v) is 19.1. The van der Waals surface area contributed by atoms with Gasteiger partial charge in [-0.05, 0) is 125 Å². The van der Waals surface area contributed by atoms with Crippen LogP contribution in [0.5, 0.6) is 0 Å². The third-order valence-corrected chi connectivity index (χ3v) is 15.2. The van der Waals surface area contributed by atoms with E-state index in [9.17, 15) is 0 Å². The number of ether oxygens (including phenoxy) is 3. The maximum absolute atomic E-state index is 5.81. The highest BCUT2D eigenvalue weighted by atomic mass is 79.9. The molecule has 5 aliphatic rings. The molecule has 0 aliphatic carbocycles. The Morgan fingerprint density at radius 1 is 0.541 bits per heavy atom. The molecule has 3 fully saturated rings. The van der Waals surface area contributed by atoms with Gasteiger partial charge in [-0.1, -0.05) is 64.5 Å². The molecule has 0 saturated carbocycles. The fraction of sp³-hybridized carbons (Fsp3) is 0.423. The number of hydrogen-bond acceptors (Lipinski definition) is 8. The summed E-state index contributed by atoms with van der Waals surface area (Å²) < 4.78 is 18.3. The minimum absolute atomic E-state index is 0.150. The maximum atomic E-state index is 5.81. The van der Waals surface area contributed by atoms with Crippen molar-refractivity contribution in [3.8, 4) is 0 Å². The van der Waals surface area contributed by atoms with E-state index in [0.717, 1.165) is 118 Å². The van der Waals surface area contributed by atoms with E-state index in [0.29, 0.717) is 0 Å². The molecule has 0 bridgehead atoms. The zero-order valence-corrected chi connectivity index (χ0v) is 38.3. The summed E-state index contributed by atoms with van der Waals surface area (Å²) in [6, 6.07) is 27.1. The molecule has 0 N–H and O–H groups in total. The molecule has 2 spiro atoms. The molecule has 3 saturated heterocycles. The number of hydrogen-bond donors (Lipinski definition) is 0. The fourth-order valence-corrected chi connectivity index (χ4v) is 11.4. The number of fused-ring (bicyclic) bond motifs is 6. The van der Waals surface area contributed by atoms with Crippen molar-refractivity contribution in [1.82, 2.24) is 9.97 Å². The lowest BCUT2D eigenvalue weighted by Gasteiger charge is -2.35. The van der Waals surface area contributed by atoms with Crippen LogP contribution in [0.15, 0.2) is 77.3 Å². The largest absolute Gasteiger partial charge is 0.381 e. The first kappa shape index (κ1) is 40.5. The van der Waals surface area contributed by atoms with Crippen molar-refractivity contribution < 1.29 is 14.2 Å². The Labute approximate surface area is 369 Å². The van der Waals surface area contributed by atoms with Gasteiger partial charge in [0.15, 0.2) is 0 Å².